The molecule has 4 heterocycles. The van der Waals surface area contributed by atoms with E-state index in [0.717, 1.165) is 40.5 Å². The zero-order chi connectivity index (χ0) is 21.2. The van der Waals surface area contributed by atoms with Gasteiger partial charge in [-0.2, -0.15) is 5.10 Å². The van der Waals surface area contributed by atoms with Crippen LogP contribution in [0.2, 0.25) is 5.02 Å². The maximum atomic E-state index is 11.9. The number of hydrazone groups is 1. The number of rotatable bonds is 1. The molecule has 7 nitrogen and oxygen atoms in total. The van der Waals surface area contributed by atoms with E-state index in [1.165, 1.54) is 0 Å². The molecule has 0 unspecified atom stereocenters. The van der Waals surface area contributed by atoms with Gasteiger partial charge < -0.3 is 19.1 Å². The molecule has 1 saturated heterocycles. The van der Waals surface area contributed by atoms with Crippen LogP contribution in [-0.2, 0) is 4.79 Å². The summed E-state index contributed by atoms with van der Waals surface area (Å²) in [6.45, 7) is 3.16. The average molecular weight is 440 g/mol. The van der Waals surface area contributed by atoms with Gasteiger partial charge >= 0.3 is 0 Å². The van der Waals surface area contributed by atoms with Crippen molar-refractivity contribution in [2.45, 2.75) is 38.0 Å². The topological polar surface area (TPSA) is 63.6 Å². The first-order chi connectivity index (χ1) is 15.0. The molecule has 1 atom stereocenters. The Balaban J connectivity index is 1.40. The van der Waals surface area contributed by atoms with Crippen molar-refractivity contribution in [2.24, 2.45) is 5.10 Å². The molecule has 0 saturated carbocycles. The number of likely N-dealkylation sites (tertiary alicyclic amines) is 1. The largest absolute Gasteiger partial charge is 0.466 e. The van der Waals surface area contributed by atoms with E-state index in [1.54, 1.807) is 6.92 Å². The van der Waals surface area contributed by atoms with Crippen LogP contribution in [0.5, 0.6) is 17.2 Å². The molecule has 31 heavy (non-hydrogen) atoms. The fourth-order valence-corrected chi connectivity index (χ4v) is 5.19. The Morgan fingerprint density at radius 3 is 2.68 bits per heavy atom. The number of piperidine rings is 1. The summed E-state index contributed by atoms with van der Waals surface area (Å²) in [5.74, 6) is 2.45. The van der Waals surface area contributed by atoms with Gasteiger partial charge in [-0.05, 0) is 36.4 Å². The summed E-state index contributed by atoms with van der Waals surface area (Å²) < 4.78 is 17.6. The SMILES string of the molecule is CC(=O)N1CCC2(CC1)Oc1ccc(Cl)cc1[C@@H]1CC(c3ccc4c(c3)OCO4)=NN12. The van der Waals surface area contributed by atoms with E-state index in [2.05, 4.69) is 5.01 Å². The van der Waals surface area contributed by atoms with Crippen LogP contribution in [-0.4, -0.2) is 47.1 Å². The highest BCUT2D eigenvalue weighted by atomic mass is 35.5. The minimum Gasteiger partial charge on any atom is -0.466 e. The van der Waals surface area contributed by atoms with Crippen LogP contribution in [0.3, 0.4) is 0 Å². The lowest BCUT2D eigenvalue weighted by Gasteiger charge is -2.51. The predicted octanol–water partition coefficient (Wildman–Crippen LogP) is 3.95. The Morgan fingerprint density at radius 1 is 1.10 bits per heavy atom. The zero-order valence-electron chi connectivity index (χ0n) is 17.1. The van der Waals surface area contributed by atoms with Gasteiger partial charge in [-0.1, -0.05) is 11.6 Å². The summed E-state index contributed by atoms with van der Waals surface area (Å²) in [6.07, 6.45) is 2.14. The summed E-state index contributed by atoms with van der Waals surface area (Å²) in [5, 5.41) is 7.86. The molecule has 6 rings (SSSR count). The number of halogens is 1. The second kappa shape index (κ2) is 6.79. The van der Waals surface area contributed by atoms with Gasteiger partial charge in [0.05, 0.1) is 11.8 Å². The van der Waals surface area contributed by atoms with Crippen LogP contribution >= 0.6 is 11.6 Å². The van der Waals surface area contributed by atoms with Gasteiger partial charge in [0.15, 0.2) is 11.5 Å². The number of benzene rings is 2. The minimum absolute atomic E-state index is 0.0340. The third-order valence-electron chi connectivity index (χ3n) is 6.65. The van der Waals surface area contributed by atoms with E-state index >= 15 is 0 Å². The Labute approximate surface area is 185 Å². The summed E-state index contributed by atoms with van der Waals surface area (Å²) in [4.78, 5) is 13.7. The second-order valence-electron chi connectivity index (χ2n) is 8.42. The highest BCUT2D eigenvalue weighted by Gasteiger charge is 2.52. The molecule has 2 aromatic carbocycles. The van der Waals surface area contributed by atoms with Crippen LogP contribution in [0.4, 0.5) is 0 Å². The van der Waals surface area contributed by atoms with Crippen molar-refractivity contribution in [1.29, 1.82) is 0 Å². The molecule has 0 bridgehead atoms. The first-order valence-corrected chi connectivity index (χ1v) is 10.9. The van der Waals surface area contributed by atoms with Crippen molar-refractivity contribution >= 4 is 23.2 Å². The number of hydrogen-bond donors (Lipinski definition) is 0. The number of hydrogen-bond acceptors (Lipinski definition) is 6. The van der Waals surface area contributed by atoms with Crippen molar-refractivity contribution in [3.8, 4) is 17.2 Å². The maximum Gasteiger partial charge on any atom is 0.231 e. The van der Waals surface area contributed by atoms with Crippen molar-refractivity contribution < 1.29 is 19.0 Å². The van der Waals surface area contributed by atoms with E-state index in [0.29, 0.717) is 31.0 Å². The molecule has 0 N–H and O–H groups in total. The van der Waals surface area contributed by atoms with Crippen molar-refractivity contribution in [3.63, 3.8) is 0 Å². The molecule has 0 radical (unpaired) electrons. The lowest BCUT2D eigenvalue weighted by atomic mass is 9.90. The van der Waals surface area contributed by atoms with Crippen LogP contribution in [0, 0.1) is 0 Å². The Bertz CT molecular complexity index is 1110. The van der Waals surface area contributed by atoms with Crippen LogP contribution in [0.1, 0.15) is 43.4 Å². The molecule has 0 aliphatic carbocycles. The highest BCUT2D eigenvalue weighted by Crippen LogP contribution is 2.50. The van der Waals surface area contributed by atoms with Gasteiger partial charge in [-0.15, -0.1) is 0 Å². The number of carbonyl (C=O) groups excluding carboxylic acids is 1. The highest BCUT2D eigenvalue weighted by molar-refractivity contribution is 6.30. The number of ether oxygens (including phenoxy) is 3. The monoisotopic (exact) mass is 439 g/mol. The summed E-state index contributed by atoms with van der Waals surface area (Å²) >= 11 is 6.33. The van der Waals surface area contributed by atoms with Gasteiger partial charge in [-0.3, -0.25) is 4.79 Å². The summed E-state index contributed by atoms with van der Waals surface area (Å²) in [7, 11) is 0. The third kappa shape index (κ3) is 2.94. The lowest BCUT2D eigenvalue weighted by Crippen LogP contribution is -2.59. The van der Waals surface area contributed by atoms with Crippen LogP contribution in [0.25, 0.3) is 0 Å². The predicted molar refractivity (Wildman–Crippen MR) is 115 cm³/mol. The van der Waals surface area contributed by atoms with Crippen LogP contribution in [0.15, 0.2) is 41.5 Å². The van der Waals surface area contributed by atoms with Gasteiger partial charge in [0.1, 0.15) is 5.75 Å². The molecular weight excluding hydrogens is 418 g/mol. The molecule has 4 aliphatic heterocycles. The number of fused-ring (bicyclic) bond motifs is 5. The fourth-order valence-electron chi connectivity index (χ4n) is 5.00. The number of nitrogens with zero attached hydrogens (tertiary/aromatic N) is 3. The molecule has 2 aromatic rings. The van der Waals surface area contributed by atoms with Gasteiger partial charge in [-0.25, -0.2) is 5.01 Å². The van der Waals surface area contributed by atoms with E-state index in [4.69, 9.17) is 30.9 Å². The van der Waals surface area contributed by atoms with Gasteiger partial charge in [0, 0.05) is 55.4 Å². The molecule has 160 valence electrons. The molecule has 4 aliphatic rings. The lowest BCUT2D eigenvalue weighted by molar-refractivity contribution is -0.158. The quantitative estimate of drug-likeness (QED) is 0.673. The molecule has 1 amide bonds. The number of amides is 1. The fraction of sp³-hybridized carbons (Fsp3) is 0.391. The van der Waals surface area contributed by atoms with E-state index < -0.39 is 5.72 Å². The first-order valence-electron chi connectivity index (χ1n) is 10.5. The zero-order valence-corrected chi connectivity index (χ0v) is 17.9. The Kier molecular flexibility index (Phi) is 4.12. The maximum absolute atomic E-state index is 11.9. The molecule has 1 spiro atoms. The Morgan fingerprint density at radius 2 is 1.87 bits per heavy atom. The second-order valence-corrected chi connectivity index (χ2v) is 8.85. The molecular formula is C23H22ClN3O4. The van der Waals surface area contributed by atoms with Crippen molar-refractivity contribution in [2.75, 3.05) is 19.9 Å². The van der Waals surface area contributed by atoms with Gasteiger partial charge in [0.25, 0.3) is 0 Å². The van der Waals surface area contributed by atoms with Crippen molar-refractivity contribution in [1.82, 2.24) is 9.91 Å². The van der Waals surface area contributed by atoms with Crippen LogP contribution < -0.4 is 14.2 Å². The van der Waals surface area contributed by atoms with Crippen molar-refractivity contribution in [3.05, 3.63) is 52.5 Å². The van der Waals surface area contributed by atoms with E-state index in [1.807, 2.05) is 41.3 Å². The van der Waals surface area contributed by atoms with E-state index in [9.17, 15) is 4.79 Å². The molecule has 1 fully saturated rings. The smallest absolute Gasteiger partial charge is 0.231 e. The standard InChI is InChI=1S/C23H22ClN3O4/c1-14(28)26-8-6-23(7-9-26)27-19(17-11-16(24)3-5-20(17)31-23)12-18(25-27)15-2-4-21-22(10-15)30-13-29-21/h2-5,10-11,19H,6-9,12-13H2,1H3/t19-/m0/s1. The average Bonchev–Trinajstić information content (AvgIpc) is 3.42. The molecule has 8 heteroatoms. The normalized spacial score (nSPS) is 22.6. The van der Waals surface area contributed by atoms with E-state index in [-0.39, 0.29) is 18.7 Å². The third-order valence-corrected chi connectivity index (χ3v) is 6.89. The molecule has 0 aromatic heterocycles. The first kappa shape index (κ1) is 18.8. The Hall–Kier alpha value is -2.93. The number of carbonyl (C=O) groups is 1. The summed E-state index contributed by atoms with van der Waals surface area (Å²) in [5.41, 5.74) is 2.47. The minimum atomic E-state index is -0.574. The summed E-state index contributed by atoms with van der Waals surface area (Å²) in [6, 6.07) is 11.8. The van der Waals surface area contributed by atoms with Gasteiger partial charge in [0.2, 0.25) is 18.4 Å².